The maximum atomic E-state index is 11.3. The summed E-state index contributed by atoms with van der Waals surface area (Å²) in [4.78, 5) is 21.6. The van der Waals surface area contributed by atoms with Crippen LogP contribution in [0.5, 0.6) is 0 Å². The van der Waals surface area contributed by atoms with Gasteiger partial charge in [-0.1, -0.05) is 0 Å². The Hall–Kier alpha value is -1.14. The molecule has 0 aliphatic heterocycles. The number of carbonyl (C=O) groups is 2. The predicted octanol–water partition coefficient (Wildman–Crippen LogP) is -1.81. The lowest BCUT2D eigenvalue weighted by Gasteiger charge is -2.35. The molecular weight excluding hydrogens is 240 g/mol. The normalized spacial score (nSPS) is 11.4. The summed E-state index contributed by atoms with van der Waals surface area (Å²) in [5.74, 6) is -2.46. The third kappa shape index (κ3) is 5.97. The van der Waals surface area contributed by atoms with Gasteiger partial charge in [0.25, 0.3) is 0 Å². The fourth-order valence-electron chi connectivity index (χ4n) is 2.09. The van der Waals surface area contributed by atoms with Crippen LogP contribution in [-0.4, -0.2) is 35.4 Å². The third-order valence-corrected chi connectivity index (χ3v) is 3.10. The first-order valence-corrected chi connectivity index (χ1v) is 6.11. The zero-order valence-corrected chi connectivity index (χ0v) is 10.4. The van der Waals surface area contributed by atoms with Crippen molar-refractivity contribution in [3.05, 3.63) is 0 Å². The van der Waals surface area contributed by atoms with E-state index in [1.165, 1.54) is 0 Å². The molecule has 0 unspecified atom stereocenters. The summed E-state index contributed by atoms with van der Waals surface area (Å²) in [7, 11) is 0. The fraction of sp³-hybridized carbons (Fsp3) is 0.833. The van der Waals surface area contributed by atoms with Gasteiger partial charge in [-0.2, -0.15) is 0 Å². The van der Waals surface area contributed by atoms with Crippen molar-refractivity contribution in [1.29, 1.82) is 0 Å². The molecule has 0 rings (SSSR count). The first-order chi connectivity index (χ1) is 8.48. The second-order valence-corrected chi connectivity index (χ2v) is 4.45. The van der Waals surface area contributed by atoms with Crippen LogP contribution in [0.1, 0.15) is 44.9 Å². The summed E-state index contributed by atoms with van der Waals surface area (Å²) in [6.45, 7) is -0.261. The average Bonchev–Trinajstić information content (AvgIpc) is 2.31. The second kappa shape index (κ2) is 8.88. The first kappa shape index (κ1) is 16.9. The van der Waals surface area contributed by atoms with Crippen LogP contribution in [-0.2, 0) is 9.59 Å². The van der Waals surface area contributed by atoms with Crippen molar-refractivity contribution in [3.8, 4) is 0 Å². The molecule has 0 aromatic rings. The molecule has 0 fully saturated rings. The Morgan fingerprint density at radius 1 is 0.889 bits per heavy atom. The minimum Gasteiger partial charge on any atom is -0.550 e. The highest BCUT2D eigenvalue weighted by Gasteiger charge is 2.30. The first-order valence-electron chi connectivity index (χ1n) is 6.11. The summed E-state index contributed by atoms with van der Waals surface area (Å²) in [6, 6.07) is 0. The average molecular weight is 260 g/mol. The zero-order valence-electron chi connectivity index (χ0n) is 10.4. The van der Waals surface area contributed by atoms with Crippen LogP contribution in [0.4, 0.5) is 0 Å². The highest BCUT2D eigenvalue weighted by atomic mass is 16.4. The predicted molar refractivity (Wildman–Crippen MR) is 58.9 cm³/mol. The standard InChI is InChI=1S/C12H22O6/c13-8-2-6-12(11(17)18,7-3-9-14)5-1-4-10(15)16/h13-14H,1-9H2,(H,15,16)(H,17,18)/p-2. The van der Waals surface area contributed by atoms with Gasteiger partial charge in [0.05, 0.1) is 0 Å². The van der Waals surface area contributed by atoms with Crippen LogP contribution in [0, 0.1) is 5.41 Å². The SMILES string of the molecule is O=C([O-])CCCC(CCCO)(CCCO)C(=O)[O-]. The van der Waals surface area contributed by atoms with Crippen LogP contribution >= 0.6 is 0 Å². The lowest BCUT2D eigenvalue weighted by molar-refractivity contribution is -0.321. The van der Waals surface area contributed by atoms with E-state index in [1.54, 1.807) is 0 Å². The van der Waals surface area contributed by atoms with Gasteiger partial charge in [-0.05, 0) is 44.9 Å². The van der Waals surface area contributed by atoms with Gasteiger partial charge in [0.1, 0.15) is 0 Å². The van der Waals surface area contributed by atoms with Gasteiger partial charge in [-0.25, -0.2) is 0 Å². The Balaban J connectivity index is 4.59. The quantitative estimate of drug-likeness (QED) is 0.451. The maximum absolute atomic E-state index is 11.3. The van der Waals surface area contributed by atoms with Gasteiger partial charge < -0.3 is 30.0 Å². The molecule has 106 valence electrons. The van der Waals surface area contributed by atoms with Crippen molar-refractivity contribution < 1.29 is 30.0 Å². The molecule has 0 radical (unpaired) electrons. The van der Waals surface area contributed by atoms with Crippen molar-refractivity contribution in [2.45, 2.75) is 44.9 Å². The molecule has 0 amide bonds. The zero-order chi connectivity index (χ0) is 14.0. The molecule has 0 saturated carbocycles. The fourth-order valence-corrected chi connectivity index (χ4v) is 2.09. The van der Waals surface area contributed by atoms with Gasteiger partial charge in [0.15, 0.2) is 0 Å². The van der Waals surface area contributed by atoms with Crippen LogP contribution in [0.25, 0.3) is 0 Å². The Bertz CT molecular complexity index is 255. The van der Waals surface area contributed by atoms with E-state index in [0.29, 0.717) is 12.8 Å². The topological polar surface area (TPSA) is 121 Å². The van der Waals surface area contributed by atoms with Crippen molar-refractivity contribution in [2.24, 2.45) is 5.41 Å². The van der Waals surface area contributed by atoms with Crippen LogP contribution < -0.4 is 10.2 Å². The number of carboxylic acids is 2. The molecule has 0 aromatic carbocycles. The van der Waals surface area contributed by atoms with Gasteiger partial charge in [-0.15, -0.1) is 0 Å². The smallest absolute Gasteiger partial charge is 0.0476 e. The highest BCUT2D eigenvalue weighted by Crippen LogP contribution is 2.35. The molecule has 0 spiro atoms. The minimum atomic E-state index is -1.25. The van der Waals surface area contributed by atoms with Crippen molar-refractivity contribution in [3.63, 3.8) is 0 Å². The van der Waals surface area contributed by atoms with E-state index in [0.717, 1.165) is 0 Å². The molecule has 0 aliphatic carbocycles. The highest BCUT2D eigenvalue weighted by molar-refractivity contribution is 5.72. The number of hydrogen-bond donors (Lipinski definition) is 2. The van der Waals surface area contributed by atoms with Crippen molar-refractivity contribution in [1.82, 2.24) is 0 Å². The molecule has 0 saturated heterocycles. The number of carbonyl (C=O) groups excluding carboxylic acids is 2. The number of aliphatic hydroxyl groups excluding tert-OH is 2. The largest absolute Gasteiger partial charge is 0.550 e. The number of carboxylic acid groups (broad SMARTS) is 2. The second-order valence-electron chi connectivity index (χ2n) is 4.45. The van der Waals surface area contributed by atoms with Crippen LogP contribution in [0.2, 0.25) is 0 Å². The molecular formula is C12H20O6-2. The van der Waals surface area contributed by atoms with Gasteiger partial charge in [-0.3, -0.25) is 0 Å². The van der Waals surface area contributed by atoms with Gasteiger partial charge in [0, 0.05) is 30.6 Å². The molecule has 2 N–H and O–H groups in total. The van der Waals surface area contributed by atoms with Crippen LogP contribution in [0.15, 0.2) is 0 Å². The third-order valence-electron chi connectivity index (χ3n) is 3.10. The van der Waals surface area contributed by atoms with E-state index < -0.39 is 17.4 Å². The molecule has 0 aliphatic rings. The molecule has 0 heterocycles. The summed E-state index contributed by atoms with van der Waals surface area (Å²) < 4.78 is 0. The Morgan fingerprint density at radius 2 is 1.33 bits per heavy atom. The van der Waals surface area contributed by atoms with E-state index in [9.17, 15) is 19.8 Å². The Kier molecular flexibility index (Phi) is 8.32. The summed E-state index contributed by atoms with van der Waals surface area (Å²) in [6.07, 6.45) is 1.21. The number of aliphatic carboxylic acids is 2. The number of hydrogen-bond acceptors (Lipinski definition) is 6. The maximum Gasteiger partial charge on any atom is 0.0476 e. The molecule has 0 bridgehead atoms. The summed E-state index contributed by atoms with van der Waals surface area (Å²) in [5.41, 5.74) is -1.17. The van der Waals surface area contributed by atoms with Crippen LogP contribution in [0.3, 0.4) is 0 Å². The lowest BCUT2D eigenvalue weighted by atomic mass is 9.75. The van der Waals surface area contributed by atoms with E-state index in [1.807, 2.05) is 0 Å². The lowest BCUT2D eigenvalue weighted by Crippen LogP contribution is -2.43. The molecule has 0 atom stereocenters. The van der Waals surface area contributed by atoms with Crippen molar-refractivity contribution in [2.75, 3.05) is 13.2 Å². The molecule has 6 nitrogen and oxygen atoms in total. The monoisotopic (exact) mass is 260 g/mol. The van der Waals surface area contributed by atoms with Gasteiger partial charge >= 0.3 is 0 Å². The van der Waals surface area contributed by atoms with Gasteiger partial charge in [0.2, 0.25) is 0 Å². The van der Waals surface area contributed by atoms with E-state index >= 15 is 0 Å². The summed E-state index contributed by atoms with van der Waals surface area (Å²) in [5, 5.41) is 39.2. The van der Waals surface area contributed by atoms with E-state index in [4.69, 9.17) is 10.2 Å². The number of rotatable bonds is 11. The molecule has 0 aromatic heterocycles. The Morgan fingerprint density at radius 3 is 1.67 bits per heavy atom. The molecule has 6 heteroatoms. The van der Waals surface area contributed by atoms with E-state index in [2.05, 4.69) is 0 Å². The van der Waals surface area contributed by atoms with E-state index in [-0.39, 0.29) is 45.3 Å². The Labute approximate surface area is 106 Å². The summed E-state index contributed by atoms with van der Waals surface area (Å²) >= 11 is 0. The number of aliphatic hydroxyl groups is 2. The van der Waals surface area contributed by atoms with Crippen molar-refractivity contribution >= 4 is 11.9 Å². The molecule has 18 heavy (non-hydrogen) atoms. The minimum absolute atomic E-state index is 0.130.